The van der Waals surface area contributed by atoms with Crippen LogP contribution in [-0.4, -0.2) is 42.7 Å². The van der Waals surface area contributed by atoms with Gasteiger partial charge < -0.3 is 23.7 Å². The number of hydrogen-bond donors (Lipinski definition) is 0. The molecular formula is C20H22N2O4. The minimum atomic E-state index is -0.0728. The number of carbonyl (C=O) groups is 1. The standard InChI is InChI=1S/C20H22N2O4/c1-21-10-8-14-15(11-21)18(24-3)20-19(25-12-26-20)17(14)16(23)7-6-13-5-4-9-22(13)2/h4-7,9H,8,10-12H2,1-3H3. The molecule has 0 amide bonds. The summed E-state index contributed by atoms with van der Waals surface area (Å²) in [7, 11) is 5.64. The third kappa shape index (κ3) is 2.66. The number of hydrogen-bond acceptors (Lipinski definition) is 5. The number of methoxy groups -OCH3 is 1. The SMILES string of the molecule is COc1c2c(c(C(=O)C=Cc3cccn3C)c3c1OCO3)CCN(C)C2. The topological polar surface area (TPSA) is 52.9 Å². The Labute approximate surface area is 152 Å². The van der Waals surface area contributed by atoms with Crippen molar-refractivity contribution in [3.05, 3.63) is 46.8 Å². The Kier molecular flexibility index (Phi) is 4.20. The highest BCUT2D eigenvalue weighted by molar-refractivity contribution is 6.11. The van der Waals surface area contributed by atoms with Crippen molar-refractivity contribution in [3.8, 4) is 17.2 Å². The minimum Gasteiger partial charge on any atom is -0.492 e. The maximum atomic E-state index is 13.1. The lowest BCUT2D eigenvalue weighted by molar-refractivity contribution is 0.104. The molecule has 0 saturated heterocycles. The van der Waals surface area contributed by atoms with Crippen LogP contribution in [0, 0.1) is 0 Å². The van der Waals surface area contributed by atoms with E-state index in [1.54, 1.807) is 13.2 Å². The van der Waals surface area contributed by atoms with Crippen molar-refractivity contribution in [1.29, 1.82) is 0 Å². The quantitative estimate of drug-likeness (QED) is 0.624. The van der Waals surface area contributed by atoms with E-state index in [2.05, 4.69) is 11.9 Å². The van der Waals surface area contributed by atoms with Crippen molar-refractivity contribution in [2.24, 2.45) is 7.05 Å². The van der Waals surface area contributed by atoms with Gasteiger partial charge in [-0.05, 0) is 43.3 Å². The van der Waals surface area contributed by atoms with Crippen molar-refractivity contribution in [2.75, 3.05) is 27.5 Å². The molecule has 0 radical (unpaired) electrons. The molecule has 2 aliphatic heterocycles. The summed E-state index contributed by atoms with van der Waals surface area (Å²) >= 11 is 0. The Morgan fingerprint density at radius 2 is 2.04 bits per heavy atom. The number of ether oxygens (including phenoxy) is 3. The molecule has 1 aromatic heterocycles. The summed E-state index contributed by atoms with van der Waals surface area (Å²) in [6.45, 7) is 1.71. The molecule has 0 spiro atoms. The summed E-state index contributed by atoms with van der Waals surface area (Å²) in [5, 5.41) is 0. The number of aryl methyl sites for hydroxylation is 1. The highest BCUT2D eigenvalue weighted by Crippen LogP contribution is 2.49. The second-order valence-corrected chi connectivity index (χ2v) is 6.66. The van der Waals surface area contributed by atoms with E-state index >= 15 is 0 Å². The van der Waals surface area contributed by atoms with E-state index in [4.69, 9.17) is 14.2 Å². The Hall–Kier alpha value is -2.73. The van der Waals surface area contributed by atoms with Gasteiger partial charge >= 0.3 is 0 Å². The van der Waals surface area contributed by atoms with E-state index in [0.717, 1.165) is 36.3 Å². The molecule has 4 rings (SSSR count). The second-order valence-electron chi connectivity index (χ2n) is 6.66. The summed E-state index contributed by atoms with van der Waals surface area (Å²) in [5.41, 5.74) is 3.59. The van der Waals surface area contributed by atoms with Crippen LogP contribution < -0.4 is 14.2 Å². The number of aromatic nitrogens is 1. The molecule has 2 aromatic rings. The lowest BCUT2D eigenvalue weighted by Gasteiger charge is -2.28. The summed E-state index contributed by atoms with van der Waals surface area (Å²) < 4.78 is 18.9. The van der Waals surface area contributed by atoms with Gasteiger partial charge in [0.2, 0.25) is 12.5 Å². The van der Waals surface area contributed by atoms with Crippen LogP contribution in [0.2, 0.25) is 0 Å². The van der Waals surface area contributed by atoms with Crippen LogP contribution in [-0.2, 0) is 20.0 Å². The summed E-state index contributed by atoms with van der Waals surface area (Å²) in [6.07, 6.45) is 6.16. The van der Waals surface area contributed by atoms with E-state index in [9.17, 15) is 4.79 Å². The molecule has 0 N–H and O–H groups in total. The number of carbonyl (C=O) groups excluding carboxylic acids is 1. The van der Waals surface area contributed by atoms with Crippen LogP contribution in [0.25, 0.3) is 6.08 Å². The van der Waals surface area contributed by atoms with Crippen molar-refractivity contribution >= 4 is 11.9 Å². The Balaban J connectivity index is 1.82. The molecule has 0 bridgehead atoms. The summed E-state index contributed by atoms with van der Waals surface area (Å²) in [6, 6.07) is 3.91. The van der Waals surface area contributed by atoms with Gasteiger partial charge in [0.05, 0.1) is 12.7 Å². The van der Waals surface area contributed by atoms with Crippen LogP contribution in [0.1, 0.15) is 27.2 Å². The first-order chi connectivity index (χ1) is 12.6. The van der Waals surface area contributed by atoms with Gasteiger partial charge in [-0.25, -0.2) is 0 Å². The highest BCUT2D eigenvalue weighted by atomic mass is 16.7. The average molecular weight is 354 g/mol. The molecule has 0 saturated carbocycles. The number of ketones is 1. The van der Waals surface area contributed by atoms with Gasteiger partial charge in [-0.2, -0.15) is 0 Å². The van der Waals surface area contributed by atoms with Crippen molar-refractivity contribution in [2.45, 2.75) is 13.0 Å². The van der Waals surface area contributed by atoms with Crippen molar-refractivity contribution in [1.82, 2.24) is 9.47 Å². The molecule has 26 heavy (non-hydrogen) atoms. The van der Waals surface area contributed by atoms with Gasteiger partial charge in [-0.15, -0.1) is 0 Å². The molecule has 136 valence electrons. The molecule has 2 aliphatic rings. The monoisotopic (exact) mass is 354 g/mol. The normalized spacial score (nSPS) is 16.1. The van der Waals surface area contributed by atoms with E-state index in [0.29, 0.717) is 22.8 Å². The van der Waals surface area contributed by atoms with Crippen LogP contribution >= 0.6 is 0 Å². The zero-order valence-corrected chi connectivity index (χ0v) is 15.2. The molecule has 0 fully saturated rings. The summed E-state index contributed by atoms with van der Waals surface area (Å²) in [5.74, 6) is 1.65. The van der Waals surface area contributed by atoms with Gasteiger partial charge in [0.1, 0.15) is 0 Å². The Morgan fingerprint density at radius 1 is 1.23 bits per heavy atom. The predicted molar refractivity (Wildman–Crippen MR) is 97.9 cm³/mol. The van der Waals surface area contributed by atoms with Crippen LogP contribution in [0.15, 0.2) is 24.4 Å². The van der Waals surface area contributed by atoms with Crippen LogP contribution in [0.5, 0.6) is 17.2 Å². The van der Waals surface area contributed by atoms with Crippen LogP contribution in [0.4, 0.5) is 0 Å². The van der Waals surface area contributed by atoms with E-state index in [1.165, 1.54) is 0 Å². The third-order valence-corrected chi connectivity index (χ3v) is 5.00. The zero-order chi connectivity index (χ0) is 18.3. The lowest BCUT2D eigenvalue weighted by atomic mass is 9.90. The maximum absolute atomic E-state index is 13.1. The Bertz CT molecular complexity index is 898. The molecule has 0 aliphatic carbocycles. The van der Waals surface area contributed by atoms with Gasteiger partial charge in [-0.1, -0.05) is 0 Å². The molecule has 3 heterocycles. The van der Waals surface area contributed by atoms with Gasteiger partial charge in [0.15, 0.2) is 17.3 Å². The molecule has 1 aromatic carbocycles. The molecule has 0 atom stereocenters. The molecule has 6 nitrogen and oxygen atoms in total. The first-order valence-corrected chi connectivity index (χ1v) is 8.63. The number of likely N-dealkylation sites (N-methyl/N-ethyl adjacent to an activating group) is 1. The number of benzene rings is 1. The molecular weight excluding hydrogens is 332 g/mol. The first kappa shape index (κ1) is 16.7. The summed E-state index contributed by atoms with van der Waals surface area (Å²) in [4.78, 5) is 15.3. The fourth-order valence-corrected chi connectivity index (χ4v) is 3.66. The van der Waals surface area contributed by atoms with Gasteiger partial charge in [0.25, 0.3) is 0 Å². The fraction of sp³-hybridized carbons (Fsp3) is 0.350. The Morgan fingerprint density at radius 3 is 2.77 bits per heavy atom. The minimum absolute atomic E-state index is 0.0728. The largest absolute Gasteiger partial charge is 0.492 e. The lowest BCUT2D eigenvalue weighted by Crippen LogP contribution is -2.28. The van der Waals surface area contributed by atoms with E-state index in [1.807, 2.05) is 36.0 Å². The van der Waals surface area contributed by atoms with Gasteiger partial charge in [-0.3, -0.25) is 4.79 Å². The van der Waals surface area contributed by atoms with Crippen molar-refractivity contribution in [3.63, 3.8) is 0 Å². The molecule has 6 heteroatoms. The van der Waals surface area contributed by atoms with E-state index in [-0.39, 0.29) is 12.6 Å². The van der Waals surface area contributed by atoms with Gasteiger partial charge in [0, 0.05) is 37.6 Å². The first-order valence-electron chi connectivity index (χ1n) is 8.63. The fourth-order valence-electron chi connectivity index (χ4n) is 3.66. The molecule has 0 unspecified atom stereocenters. The third-order valence-electron chi connectivity index (χ3n) is 5.00. The smallest absolute Gasteiger partial charge is 0.231 e. The highest BCUT2D eigenvalue weighted by Gasteiger charge is 2.34. The maximum Gasteiger partial charge on any atom is 0.231 e. The van der Waals surface area contributed by atoms with Crippen molar-refractivity contribution < 1.29 is 19.0 Å². The number of fused-ring (bicyclic) bond motifs is 2. The predicted octanol–water partition coefficient (Wildman–Crippen LogP) is 2.65. The zero-order valence-electron chi connectivity index (χ0n) is 15.2. The van der Waals surface area contributed by atoms with E-state index < -0.39 is 0 Å². The number of rotatable bonds is 4. The second kappa shape index (κ2) is 6.53. The average Bonchev–Trinajstić information content (AvgIpc) is 3.26. The number of allylic oxidation sites excluding steroid dienone is 1. The number of nitrogens with zero attached hydrogens (tertiary/aromatic N) is 2. The van der Waals surface area contributed by atoms with Crippen LogP contribution in [0.3, 0.4) is 0 Å².